The minimum Gasteiger partial charge on any atom is -0.493 e. The van der Waals surface area contributed by atoms with E-state index >= 15 is 0 Å². The Bertz CT molecular complexity index is 971. The maximum atomic E-state index is 12.6. The first kappa shape index (κ1) is 32.0. The maximum absolute atomic E-state index is 12.6. The molecular weight excluding hydrogens is 507 g/mol. The van der Waals surface area contributed by atoms with Crippen molar-refractivity contribution >= 4 is 5.69 Å². The second-order valence-corrected chi connectivity index (χ2v) is 10.7. The largest absolute Gasteiger partial charge is 0.493 e. The first-order valence-electron chi connectivity index (χ1n) is 15.3. The van der Waals surface area contributed by atoms with E-state index in [0.29, 0.717) is 18.0 Å². The van der Waals surface area contributed by atoms with Crippen molar-refractivity contribution in [2.75, 3.05) is 45.9 Å². The summed E-state index contributed by atoms with van der Waals surface area (Å²) in [6, 6.07) is 15.4. The van der Waals surface area contributed by atoms with Gasteiger partial charge >= 0.3 is 0 Å². The Balaban J connectivity index is 0.000000558. The Hall–Kier alpha value is -2.51. The van der Waals surface area contributed by atoms with Crippen LogP contribution < -0.4 is 19.5 Å². The van der Waals surface area contributed by atoms with Crippen molar-refractivity contribution in [3.8, 4) is 17.2 Å². The number of aliphatic hydroxyl groups is 1. The van der Waals surface area contributed by atoms with Gasteiger partial charge in [-0.25, -0.2) is 4.39 Å². The first-order valence-corrected chi connectivity index (χ1v) is 15.3. The van der Waals surface area contributed by atoms with Gasteiger partial charge in [-0.15, -0.1) is 0 Å². The van der Waals surface area contributed by atoms with Gasteiger partial charge in [-0.05, 0) is 101 Å². The van der Waals surface area contributed by atoms with Crippen LogP contribution in [-0.2, 0) is 0 Å². The monoisotopic (exact) mass is 558 g/mol. The molecule has 1 aliphatic heterocycles. The van der Waals surface area contributed by atoms with Crippen molar-refractivity contribution in [2.24, 2.45) is 0 Å². The van der Waals surface area contributed by atoms with Gasteiger partial charge in [-0.3, -0.25) is 0 Å². The number of nitrogens with zero attached hydrogens (tertiary/aromatic N) is 1. The van der Waals surface area contributed by atoms with E-state index in [-0.39, 0.29) is 12.7 Å². The number of nitrogens with one attached hydrogen (secondary N) is 1. The quantitative estimate of drug-likeness (QED) is 0.339. The molecule has 1 heterocycles. The molecule has 5 rings (SSSR count). The number of anilines is 1. The lowest BCUT2D eigenvalue weighted by Gasteiger charge is -2.41. The van der Waals surface area contributed by atoms with E-state index < -0.39 is 6.67 Å². The van der Waals surface area contributed by atoms with Gasteiger partial charge in [0.25, 0.3) is 0 Å². The van der Waals surface area contributed by atoms with Crippen LogP contribution in [-0.4, -0.2) is 68.8 Å². The van der Waals surface area contributed by atoms with Crippen LogP contribution >= 0.6 is 0 Å². The van der Waals surface area contributed by atoms with Gasteiger partial charge in [0, 0.05) is 23.8 Å². The van der Waals surface area contributed by atoms with E-state index in [1.54, 1.807) is 14.2 Å². The molecule has 40 heavy (non-hydrogen) atoms. The number of benzene rings is 2. The van der Waals surface area contributed by atoms with Crippen molar-refractivity contribution in [1.82, 2.24) is 4.90 Å². The molecule has 0 spiro atoms. The number of hydrogen-bond acceptors (Lipinski definition) is 6. The second-order valence-electron chi connectivity index (χ2n) is 10.7. The van der Waals surface area contributed by atoms with Gasteiger partial charge in [0.2, 0.25) is 0 Å². The van der Waals surface area contributed by atoms with Crippen LogP contribution in [0, 0.1) is 0 Å². The summed E-state index contributed by atoms with van der Waals surface area (Å²) in [6.45, 7) is 5.94. The number of rotatable bonds is 9. The number of aliphatic hydroxyl groups excluding tert-OH is 1. The molecule has 3 aliphatic rings. The predicted octanol–water partition coefficient (Wildman–Crippen LogP) is 7.21. The van der Waals surface area contributed by atoms with Crippen molar-refractivity contribution in [3.05, 3.63) is 48.0 Å². The zero-order valence-corrected chi connectivity index (χ0v) is 25.0. The molecule has 2 aromatic rings. The Labute approximate surface area is 241 Å². The highest BCUT2D eigenvalue weighted by atomic mass is 19.1. The van der Waals surface area contributed by atoms with Crippen LogP contribution in [0.25, 0.3) is 0 Å². The fourth-order valence-corrected chi connectivity index (χ4v) is 5.81. The van der Waals surface area contributed by atoms with Crippen LogP contribution in [0.15, 0.2) is 42.5 Å². The Morgan fingerprint density at radius 3 is 2.08 bits per heavy atom. The summed E-state index contributed by atoms with van der Waals surface area (Å²) in [4.78, 5) is 2.69. The average molecular weight is 559 g/mol. The molecule has 2 aliphatic carbocycles. The molecule has 224 valence electrons. The number of piperidine rings is 1. The number of para-hydroxylation sites is 1. The van der Waals surface area contributed by atoms with E-state index in [1.807, 2.05) is 38.1 Å². The molecule has 6 nitrogen and oxygen atoms in total. The number of halogens is 1. The third kappa shape index (κ3) is 9.27. The summed E-state index contributed by atoms with van der Waals surface area (Å²) in [5.41, 5.74) is 2.33. The Kier molecular flexibility index (Phi) is 13.9. The lowest BCUT2D eigenvalue weighted by molar-refractivity contribution is 0.0950. The van der Waals surface area contributed by atoms with Gasteiger partial charge in [0.05, 0.1) is 20.3 Å². The van der Waals surface area contributed by atoms with Crippen LogP contribution in [0.4, 0.5) is 10.1 Å². The summed E-state index contributed by atoms with van der Waals surface area (Å²) < 4.78 is 29.0. The molecule has 2 aromatic carbocycles. The summed E-state index contributed by atoms with van der Waals surface area (Å²) in [6.07, 6.45) is 10.5. The molecule has 2 N–H and O–H groups in total. The summed E-state index contributed by atoms with van der Waals surface area (Å²) in [5, 5.41) is 12.1. The smallest absolute Gasteiger partial charge is 0.162 e. The minimum absolute atomic E-state index is 0.0648. The minimum atomic E-state index is -0.448. The molecule has 0 atom stereocenters. The number of ether oxygens (including phenoxy) is 3. The highest BCUT2D eigenvalue weighted by molar-refractivity contribution is 5.55. The predicted molar refractivity (Wildman–Crippen MR) is 162 cm³/mol. The van der Waals surface area contributed by atoms with Crippen LogP contribution in [0.5, 0.6) is 17.2 Å². The lowest BCUT2D eigenvalue weighted by atomic mass is 9.85. The third-order valence-electron chi connectivity index (χ3n) is 8.27. The average Bonchev–Trinajstić information content (AvgIpc) is 3.01. The van der Waals surface area contributed by atoms with Crippen LogP contribution in [0.1, 0.15) is 83.1 Å². The molecule has 3 fully saturated rings. The number of hydrogen-bond donors (Lipinski definition) is 2. The zero-order valence-electron chi connectivity index (χ0n) is 25.0. The SMILES string of the molecule is CC.COc1ccc(NC2CCC(N3CCC(c4ccccc4OCCF)CC3)CC2)cc1OC.OC1CCC1. The lowest BCUT2D eigenvalue weighted by Crippen LogP contribution is -2.44. The fourth-order valence-electron chi connectivity index (χ4n) is 5.81. The van der Waals surface area contributed by atoms with Crippen molar-refractivity contribution < 1.29 is 23.7 Å². The highest BCUT2D eigenvalue weighted by Gasteiger charge is 2.30. The fraction of sp³-hybridized carbons (Fsp3) is 0.636. The Morgan fingerprint density at radius 1 is 0.850 bits per heavy atom. The standard InChI is InChI=1S/C27H37FN2O3.C4H8O.C2H6/c1-31-26-12-9-22(19-27(26)32-2)29-21-7-10-23(11-8-21)30-16-13-20(14-17-30)24-5-3-4-6-25(24)33-18-15-28;5-4-2-1-3-4;1-2/h3-6,9,12,19-21,23,29H,7-8,10-11,13-18H2,1-2H3;4-5H,1-3H2;1-2H3. The zero-order chi connectivity index (χ0) is 28.7. The molecule has 0 aromatic heterocycles. The molecule has 0 unspecified atom stereocenters. The van der Waals surface area contributed by atoms with E-state index in [2.05, 4.69) is 28.4 Å². The summed E-state index contributed by atoms with van der Waals surface area (Å²) in [7, 11) is 3.33. The molecule has 0 radical (unpaired) electrons. The summed E-state index contributed by atoms with van der Waals surface area (Å²) in [5.74, 6) is 2.87. The van der Waals surface area contributed by atoms with Gasteiger partial charge in [0.15, 0.2) is 11.5 Å². The van der Waals surface area contributed by atoms with E-state index in [9.17, 15) is 4.39 Å². The molecule has 0 bridgehead atoms. The number of methoxy groups -OCH3 is 2. The van der Waals surface area contributed by atoms with Crippen molar-refractivity contribution in [2.45, 2.75) is 95.7 Å². The van der Waals surface area contributed by atoms with Crippen LogP contribution in [0.3, 0.4) is 0 Å². The molecule has 7 heteroatoms. The normalized spacial score (nSPS) is 21.6. The second kappa shape index (κ2) is 17.3. The van der Waals surface area contributed by atoms with Gasteiger partial charge in [-0.2, -0.15) is 0 Å². The molecule has 0 amide bonds. The van der Waals surface area contributed by atoms with Gasteiger partial charge < -0.3 is 29.5 Å². The topological polar surface area (TPSA) is 63.2 Å². The maximum Gasteiger partial charge on any atom is 0.162 e. The van der Waals surface area contributed by atoms with E-state index in [4.69, 9.17) is 19.3 Å². The van der Waals surface area contributed by atoms with Crippen LogP contribution in [0.2, 0.25) is 0 Å². The molecular formula is C33H51FN2O4. The number of likely N-dealkylation sites (tertiary alicyclic amines) is 1. The molecule has 2 saturated carbocycles. The van der Waals surface area contributed by atoms with E-state index in [0.717, 1.165) is 61.7 Å². The Morgan fingerprint density at radius 2 is 1.50 bits per heavy atom. The van der Waals surface area contributed by atoms with Gasteiger partial charge in [0.1, 0.15) is 19.0 Å². The third-order valence-corrected chi connectivity index (χ3v) is 8.27. The first-order chi connectivity index (χ1) is 19.6. The van der Waals surface area contributed by atoms with Crippen molar-refractivity contribution in [1.29, 1.82) is 0 Å². The van der Waals surface area contributed by atoms with E-state index in [1.165, 1.54) is 37.7 Å². The van der Waals surface area contributed by atoms with Crippen molar-refractivity contribution in [3.63, 3.8) is 0 Å². The van der Waals surface area contributed by atoms with Gasteiger partial charge in [-0.1, -0.05) is 32.0 Å². The molecule has 1 saturated heterocycles. The number of alkyl halides is 1. The highest BCUT2D eigenvalue weighted by Crippen LogP contribution is 2.37. The summed E-state index contributed by atoms with van der Waals surface area (Å²) >= 11 is 0.